The highest BCUT2D eigenvalue weighted by atomic mass is 32.2. The molecule has 18 heavy (non-hydrogen) atoms. The zero-order chi connectivity index (χ0) is 13.3. The number of nitrogens with one attached hydrogen (secondary N) is 1. The third-order valence-corrected chi connectivity index (χ3v) is 3.50. The van der Waals surface area contributed by atoms with E-state index in [2.05, 4.69) is 9.88 Å². The Hall–Kier alpha value is -2.09. The van der Waals surface area contributed by atoms with Crippen LogP contribution in [0.3, 0.4) is 0 Å². The summed E-state index contributed by atoms with van der Waals surface area (Å²) in [6.45, 7) is 1.61. The highest BCUT2D eigenvalue weighted by Crippen LogP contribution is 2.20. The van der Waals surface area contributed by atoms with E-state index in [0.29, 0.717) is 5.76 Å². The first-order valence-electron chi connectivity index (χ1n) is 4.89. The highest BCUT2D eigenvalue weighted by Gasteiger charge is 2.20. The van der Waals surface area contributed by atoms with Crippen LogP contribution in [0.4, 0.5) is 15.9 Å². The molecule has 0 amide bonds. The summed E-state index contributed by atoms with van der Waals surface area (Å²) in [5, 5.41) is 3.46. The molecule has 0 saturated carbocycles. The second-order valence-corrected chi connectivity index (χ2v) is 5.27. The van der Waals surface area contributed by atoms with E-state index in [1.54, 1.807) is 6.92 Å². The van der Waals surface area contributed by atoms with E-state index in [1.165, 1.54) is 12.1 Å². The first-order chi connectivity index (χ1) is 8.38. The molecule has 6 nitrogen and oxygen atoms in total. The van der Waals surface area contributed by atoms with Gasteiger partial charge in [-0.05, 0) is 25.1 Å². The summed E-state index contributed by atoms with van der Waals surface area (Å²) in [5.74, 6) is -0.503. The molecule has 0 radical (unpaired) electrons. The van der Waals surface area contributed by atoms with Crippen molar-refractivity contribution in [1.82, 2.24) is 5.16 Å². The van der Waals surface area contributed by atoms with Crippen molar-refractivity contribution in [2.75, 3.05) is 10.5 Å². The van der Waals surface area contributed by atoms with Gasteiger partial charge in [-0.15, -0.1) is 0 Å². The second-order valence-electron chi connectivity index (χ2n) is 3.62. The number of nitrogens with two attached hydrogens (primary N) is 1. The third kappa shape index (κ3) is 2.43. The van der Waals surface area contributed by atoms with Crippen molar-refractivity contribution >= 4 is 21.5 Å². The van der Waals surface area contributed by atoms with Gasteiger partial charge in [-0.1, -0.05) is 5.16 Å². The zero-order valence-electron chi connectivity index (χ0n) is 9.34. The Morgan fingerprint density at radius 1 is 1.39 bits per heavy atom. The van der Waals surface area contributed by atoms with Crippen LogP contribution in [-0.4, -0.2) is 13.6 Å². The minimum atomic E-state index is -4.05. The SMILES string of the molecule is Cc1cc(NS(=O)(=O)c2ccc(N)cc2F)no1. The van der Waals surface area contributed by atoms with E-state index in [0.717, 1.165) is 12.1 Å². The molecule has 0 aliphatic carbocycles. The summed E-state index contributed by atoms with van der Waals surface area (Å²) in [6, 6.07) is 4.70. The van der Waals surface area contributed by atoms with Crippen molar-refractivity contribution in [2.24, 2.45) is 0 Å². The van der Waals surface area contributed by atoms with Crippen LogP contribution in [-0.2, 0) is 10.0 Å². The zero-order valence-corrected chi connectivity index (χ0v) is 10.2. The summed E-state index contributed by atoms with van der Waals surface area (Å²) in [4.78, 5) is -0.502. The van der Waals surface area contributed by atoms with Gasteiger partial charge in [0.15, 0.2) is 5.82 Å². The van der Waals surface area contributed by atoms with Crippen molar-refractivity contribution < 1.29 is 17.3 Å². The number of benzene rings is 1. The smallest absolute Gasteiger partial charge is 0.266 e. The molecule has 0 unspecified atom stereocenters. The summed E-state index contributed by atoms with van der Waals surface area (Å²) in [5.41, 5.74) is 5.49. The molecular formula is C10H10FN3O3S. The van der Waals surface area contributed by atoms with Crippen LogP contribution in [0.1, 0.15) is 5.76 Å². The lowest BCUT2D eigenvalue weighted by atomic mass is 10.3. The number of anilines is 2. The van der Waals surface area contributed by atoms with Gasteiger partial charge >= 0.3 is 0 Å². The number of nitrogens with zero attached hydrogens (tertiary/aromatic N) is 1. The first-order valence-corrected chi connectivity index (χ1v) is 6.38. The second kappa shape index (κ2) is 4.30. The molecule has 1 aromatic heterocycles. The van der Waals surface area contributed by atoms with Crippen LogP contribution in [0.5, 0.6) is 0 Å². The fraction of sp³-hybridized carbons (Fsp3) is 0.100. The Morgan fingerprint density at radius 2 is 2.11 bits per heavy atom. The largest absolute Gasteiger partial charge is 0.399 e. The van der Waals surface area contributed by atoms with Gasteiger partial charge in [0.2, 0.25) is 0 Å². The average Bonchev–Trinajstić information content (AvgIpc) is 2.62. The molecule has 1 aromatic carbocycles. The van der Waals surface area contributed by atoms with Crippen LogP contribution in [0.25, 0.3) is 0 Å². The van der Waals surface area contributed by atoms with Crippen molar-refractivity contribution in [3.63, 3.8) is 0 Å². The lowest BCUT2D eigenvalue weighted by Gasteiger charge is -2.06. The molecule has 3 N–H and O–H groups in total. The van der Waals surface area contributed by atoms with E-state index in [1.807, 2.05) is 0 Å². The monoisotopic (exact) mass is 271 g/mol. The maximum atomic E-state index is 13.5. The van der Waals surface area contributed by atoms with Crippen LogP contribution in [0.2, 0.25) is 0 Å². The van der Waals surface area contributed by atoms with Gasteiger partial charge in [0.25, 0.3) is 10.0 Å². The molecule has 0 aliphatic heterocycles. The van der Waals surface area contributed by atoms with Crippen molar-refractivity contribution in [3.8, 4) is 0 Å². The maximum Gasteiger partial charge on any atom is 0.266 e. The average molecular weight is 271 g/mol. The van der Waals surface area contributed by atoms with Gasteiger partial charge in [0.05, 0.1) is 0 Å². The summed E-state index contributed by atoms with van der Waals surface area (Å²) < 4.78 is 44.1. The van der Waals surface area contributed by atoms with Crippen LogP contribution in [0.15, 0.2) is 33.7 Å². The number of aryl methyl sites for hydroxylation is 1. The van der Waals surface area contributed by atoms with E-state index in [4.69, 9.17) is 10.3 Å². The molecule has 8 heteroatoms. The van der Waals surface area contributed by atoms with Crippen LogP contribution < -0.4 is 10.5 Å². The fourth-order valence-corrected chi connectivity index (χ4v) is 2.39. The molecule has 0 spiro atoms. The summed E-state index contributed by atoms with van der Waals surface area (Å²) in [6.07, 6.45) is 0. The third-order valence-electron chi connectivity index (χ3n) is 2.11. The van der Waals surface area contributed by atoms with Crippen LogP contribution in [0, 0.1) is 12.7 Å². The topological polar surface area (TPSA) is 98.2 Å². The van der Waals surface area contributed by atoms with E-state index in [9.17, 15) is 12.8 Å². The Balaban J connectivity index is 2.36. The number of nitrogen functional groups attached to an aromatic ring is 1. The Bertz CT molecular complexity index is 681. The standard InChI is InChI=1S/C10H10FN3O3S/c1-6-4-10(13-17-6)14-18(15,16)9-3-2-7(12)5-8(9)11/h2-5H,12H2,1H3,(H,13,14). The molecule has 0 bridgehead atoms. The number of rotatable bonds is 3. The molecule has 2 rings (SSSR count). The van der Waals surface area contributed by atoms with Gasteiger partial charge in [-0.25, -0.2) is 12.8 Å². The quantitative estimate of drug-likeness (QED) is 0.824. The minimum Gasteiger partial charge on any atom is -0.399 e. The molecule has 0 fully saturated rings. The molecule has 96 valence electrons. The lowest BCUT2D eigenvalue weighted by molar-refractivity contribution is 0.400. The van der Waals surface area contributed by atoms with Crippen molar-refractivity contribution in [2.45, 2.75) is 11.8 Å². The van der Waals surface area contributed by atoms with Crippen LogP contribution >= 0.6 is 0 Å². The van der Waals surface area contributed by atoms with Crippen molar-refractivity contribution in [1.29, 1.82) is 0 Å². The fourth-order valence-electron chi connectivity index (χ4n) is 1.34. The maximum absolute atomic E-state index is 13.5. The number of hydrogen-bond acceptors (Lipinski definition) is 5. The summed E-state index contributed by atoms with van der Waals surface area (Å²) >= 11 is 0. The molecule has 0 aliphatic rings. The predicted octanol–water partition coefficient (Wildman–Crippen LogP) is 1.51. The molecular weight excluding hydrogens is 261 g/mol. The normalized spacial score (nSPS) is 11.4. The minimum absolute atomic E-state index is 0.0104. The molecule has 0 saturated heterocycles. The lowest BCUT2D eigenvalue weighted by Crippen LogP contribution is -2.14. The van der Waals surface area contributed by atoms with Gasteiger partial charge in [-0.2, -0.15) is 0 Å². The van der Waals surface area contributed by atoms with Gasteiger partial charge in [0, 0.05) is 11.8 Å². The number of hydrogen-bond donors (Lipinski definition) is 2. The molecule has 2 aromatic rings. The van der Waals surface area contributed by atoms with Gasteiger partial charge in [0.1, 0.15) is 16.5 Å². The highest BCUT2D eigenvalue weighted by molar-refractivity contribution is 7.92. The van der Waals surface area contributed by atoms with E-state index in [-0.39, 0.29) is 11.5 Å². The number of aromatic nitrogens is 1. The predicted molar refractivity (Wildman–Crippen MR) is 62.9 cm³/mol. The molecule has 0 atom stereocenters. The number of sulfonamides is 1. The van der Waals surface area contributed by atoms with Crippen molar-refractivity contribution in [3.05, 3.63) is 35.8 Å². The Kier molecular flexibility index (Phi) is 2.95. The van der Waals surface area contributed by atoms with Gasteiger partial charge < -0.3 is 10.3 Å². The molecule has 1 heterocycles. The van der Waals surface area contributed by atoms with E-state index < -0.39 is 20.7 Å². The van der Waals surface area contributed by atoms with Gasteiger partial charge in [-0.3, -0.25) is 4.72 Å². The Labute approximate surface area is 103 Å². The Morgan fingerprint density at radius 3 is 2.67 bits per heavy atom. The van der Waals surface area contributed by atoms with E-state index >= 15 is 0 Å². The number of halogens is 1. The summed E-state index contributed by atoms with van der Waals surface area (Å²) in [7, 11) is -4.05. The first kappa shape index (κ1) is 12.4.